The van der Waals surface area contributed by atoms with Gasteiger partial charge in [0.1, 0.15) is 5.75 Å². The van der Waals surface area contributed by atoms with Crippen LogP contribution >= 0.6 is 0 Å². The molecule has 3 rings (SSSR count). The lowest BCUT2D eigenvalue weighted by molar-refractivity contribution is -0.0277. The predicted molar refractivity (Wildman–Crippen MR) is 121 cm³/mol. The van der Waals surface area contributed by atoms with Crippen LogP contribution in [-0.2, 0) is 6.42 Å². The Labute approximate surface area is 176 Å². The number of phenols is 1. The van der Waals surface area contributed by atoms with Crippen LogP contribution in [0, 0.1) is 0 Å². The molecule has 1 fully saturated rings. The van der Waals surface area contributed by atoms with Gasteiger partial charge in [-0.2, -0.15) is 0 Å². The summed E-state index contributed by atoms with van der Waals surface area (Å²) < 4.78 is 0. The van der Waals surface area contributed by atoms with Crippen molar-refractivity contribution in [2.75, 3.05) is 20.6 Å². The highest BCUT2D eigenvalue weighted by molar-refractivity contribution is 5.30. The lowest BCUT2D eigenvalue weighted by Gasteiger charge is -2.40. The van der Waals surface area contributed by atoms with Gasteiger partial charge >= 0.3 is 0 Å². The molecule has 2 aromatic carbocycles. The average Bonchev–Trinajstić information content (AvgIpc) is 2.68. The molecule has 0 radical (unpaired) electrons. The molecule has 0 bridgehead atoms. The van der Waals surface area contributed by atoms with E-state index in [0.29, 0.717) is 0 Å². The highest BCUT2D eigenvalue weighted by Gasteiger charge is 2.38. The van der Waals surface area contributed by atoms with Crippen LogP contribution < -0.4 is 5.73 Å². The minimum Gasteiger partial charge on any atom is -0.508 e. The van der Waals surface area contributed by atoms with Crippen molar-refractivity contribution in [2.45, 2.75) is 63.0 Å². The van der Waals surface area contributed by atoms with Gasteiger partial charge in [0.05, 0.1) is 5.60 Å². The quantitative estimate of drug-likeness (QED) is 0.678. The smallest absolute Gasteiger partial charge is 0.115 e. The van der Waals surface area contributed by atoms with Crippen molar-refractivity contribution in [1.29, 1.82) is 0 Å². The fourth-order valence-corrected chi connectivity index (χ4v) is 4.16. The molecule has 0 heterocycles. The third kappa shape index (κ3) is 7.81. The molecule has 0 saturated heterocycles. The van der Waals surface area contributed by atoms with Crippen LogP contribution in [0.5, 0.6) is 5.75 Å². The highest BCUT2D eigenvalue weighted by Crippen LogP contribution is 2.40. The van der Waals surface area contributed by atoms with Crippen LogP contribution in [0.3, 0.4) is 0 Å². The number of phenolic OH excluding ortho intramolecular Hbond substituents is 1. The molecule has 0 spiro atoms. The van der Waals surface area contributed by atoms with Crippen LogP contribution in [0.15, 0.2) is 54.6 Å². The maximum absolute atomic E-state index is 11.0. The maximum atomic E-state index is 11.0. The van der Waals surface area contributed by atoms with Crippen LogP contribution in [0.2, 0.25) is 0 Å². The van der Waals surface area contributed by atoms with Gasteiger partial charge in [-0.05, 0) is 63.5 Å². The Morgan fingerprint density at radius 3 is 2.07 bits per heavy atom. The summed E-state index contributed by atoms with van der Waals surface area (Å²) in [7, 11) is 4.08. The summed E-state index contributed by atoms with van der Waals surface area (Å²) in [6.45, 7) is 2.86. The molecule has 1 aliphatic carbocycles. The second-order valence-electron chi connectivity index (χ2n) is 8.74. The Morgan fingerprint density at radius 1 is 0.966 bits per heavy atom. The third-order valence-electron chi connectivity index (χ3n) is 5.61. The van der Waals surface area contributed by atoms with Gasteiger partial charge < -0.3 is 20.8 Å². The number of hydrogen-bond donors (Lipinski definition) is 3. The number of likely N-dealkylation sites (N-methyl/N-ethyl adjacent to an activating group) is 1. The van der Waals surface area contributed by atoms with Crippen LogP contribution in [0.1, 0.15) is 56.1 Å². The molecule has 0 aromatic heterocycles. The normalized spacial score (nSPS) is 17.9. The molecule has 4 heteroatoms. The van der Waals surface area contributed by atoms with Crippen molar-refractivity contribution in [3.8, 4) is 5.75 Å². The van der Waals surface area contributed by atoms with E-state index in [4.69, 9.17) is 5.73 Å². The van der Waals surface area contributed by atoms with E-state index in [-0.39, 0.29) is 17.7 Å². The Hall–Kier alpha value is -1.88. The molecule has 0 amide bonds. The molecular weight excluding hydrogens is 360 g/mol. The SMILES string of the molecule is CC(N)Cc1ccccc1.CN(C)CC(c1ccc(O)cc1)C1(O)CCCCC1. The Morgan fingerprint density at radius 2 is 1.55 bits per heavy atom. The minimum absolute atomic E-state index is 0.114. The second kappa shape index (κ2) is 11.3. The molecule has 160 valence electrons. The molecule has 0 aliphatic heterocycles. The van der Waals surface area contributed by atoms with E-state index in [9.17, 15) is 10.2 Å². The van der Waals surface area contributed by atoms with Crippen LogP contribution in [0.4, 0.5) is 0 Å². The van der Waals surface area contributed by atoms with E-state index in [1.54, 1.807) is 12.1 Å². The minimum atomic E-state index is -0.598. The second-order valence-corrected chi connectivity index (χ2v) is 8.74. The largest absolute Gasteiger partial charge is 0.508 e. The Balaban J connectivity index is 0.000000253. The molecule has 2 unspecified atom stereocenters. The van der Waals surface area contributed by atoms with E-state index in [1.807, 2.05) is 51.4 Å². The van der Waals surface area contributed by atoms with E-state index >= 15 is 0 Å². The number of rotatable bonds is 6. The molecule has 4 N–H and O–H groups in total. The fourth-order valence-electron chi connectivity index (χ4n) is 4.16. The number of aromatic hydroxyl groups is 1. The van der Waals surface area contributed by atoms with Gasteiger partial charge in [0, 0.05) is 18.5 Å². The summed E-state index contributed by atoms with van der Waals surface area (Å²) in [6, 6.07) is 17.9. The summed E-state index contributed by atoms with van der Waals surface area (Å²) in [6.07, 6.45) is 6.18. The van der Waals surface area contributed by atoms with E-state index < -0.39 is 5.60 Å². The molecule has 2 atom stereocenters. The topological polar surface area (TPSA) is 69.7 Å². The zero-order valence-corrected chi connectivity index (χ0v) is 18.2. The van der Waals surface area contributed by atoms with Crippen molar-refractivity contribution in [2.24, 2.45) is 5.73 Å². The van der Waals surface area contributed by atoms with Crippen LogP contribution in [0.25, 0.3) is 0 Å². The van der Waals surface area contributed by atoms with Gasteiger partial charge in [-0.15, -0.1) is 0 Å². The molecular formula is C25H38N2O2. The van der Waals surface area contributed by atoms with Crippen molar-refractivity contribution in [3.63, 3.8) is 0 Å². The first-order valence-corrected chi connectivity index (χ1v) is 10.8. The summed E-state index contributed by atoms with van der Waals surface area (Å²) in [4.78, 5) is 2.13. The summed E-state index contributed by atoms with van der Waals surface area (Å²) in [5.74, 6) is 0.395. The Kier molecular flexibility index (Phi) is 9.15. The van der Waals surface area contributed by atoms with Crippen molar-refractivity contribution in [3.05, 3.63) is 65.7 Å². The lowest BCUT2D eigenvalue weighted by atomic mass is 9.72. The molecule has 4 nitrogen and oxygen atoms in total. The van der Waals surface area contributed by atoms with Gasteiger partial charge in [0.2, 0.25) is 0 Å². The first-order chi connectivity index (χ1) is 13.8. The number of hydrogen-bond acceptors (Lipinski definition) is 4. The van der Waals surface area contributed by atoms with Gasteiger partial charge in [-0.3, -0.25) is 0 Å². The molecule has 2 aromatic rings. The first kappa shape index (κ1) is 23.4. The van der Waals surface area contributed by atoms with Crippen molar-refractivity contribution >= 4 is 0 Å². The van der Waals surface area contributed by atoms with Gasteiger partial charge in [0.15, 0.2) is 0 Å². The average molecular weight is 399 g/mol. The van der Waals surface area contributed by atoms with E-state index in [2.05, 4.69) is 17.0 Å². The number of nitrogens with two attached hydrogens (primary N) is 1. The van der Waals surface area contributed by atoms with Gasteiger partial charge in [-0.1, -0.05) is 61.7 Å². The molecule has 1 aliphatic rings. The van der Waals surface area contributed by atoms with E-state index in [1.165, 1.54) is 12.0 Å². The number of nitrogens with zero attached hydrogens (tertiary/aromatic N) is 1. The first-order valence-electron chi connectivity index (χ1n) is 10.8. The van der Waals surface area contributed by atoms with Crippen LogP contribution in [-0.4, -0.2) is 47.4 Å². The number of benzene rings is 2. The standard InChI is InChI=1S/C16H25NO2.C9H13N/c1-17(2)12-15(13-6-8-14(18)9-7-13)16(19)10-4-3-5-11-16;1-8(10)7-9-5-3-2-4-6-9/h6-9,15,18-19H,3-5,10-12H2,1-2H3;2-6,8H,7,10H2,1H3. The Bertz CT molecular complexity index is 693. The van der Waals surface area contributed by atoms with Crippen molar-refractivity contribution in [1.82, 2.24) is 4.90 Å². The van der Waals surface area contributed by atoms with Gasteiger partial charge in [0.25, 0.3) is 0 Å². The fraction of sp³-hybridized carbons (Fsp3) is 0.520. The maximum Gasteiger partial charge on any atom is 0.115 e. The summed E-state index contributed by atoms with van der Waals surface area (Å²) in [5.41, 5.74) is 7.47. The zero-order valence-electron chi connectivity index (χ0n) is 18.2. The van der Waals surface area contributed by atoms with Crippen molar-refractivity contribution < 1.29 is 10.2 Å². The zero-order chi connectivity index (χ0) is 21.3. The molecule has 1 saturated carbocycles. The summed E-state index contributed by atoms with van der Waals surface area (Å²) in [5, 5.41) is 20.4. The lowest BCUT2D eigenvalue weighted by Crippen LogP contribution is -2.42. The number of aliphatic hydroxyl groups is 1. The third-order valence-corrected chi connectivity index (χ3v) is 5.61. The van der Waals surface area contributed by atoms with Gasteiger partial charge in [-0.25, -0.2) is 0 Å². The van der Waals surface area contributed by atoms with E-state index in [0.717, 1.165) is 44.2 Å². The predicted octanol–water partition coefficient (Wildman–Crippen LogP) is 4.31. The monoisotopic (exact) mass is 398 g/mol. The summed E-state index contributed by atoms with van der Waals surface area (Å²) >= 11 is 0. The highest BCUT2D eigenvalue weighted by atomic mass is 16.3. The molecule has 29 heavy (non-hydrogen) atoms.